The molecule has 4 rings (SSSR count). The Labute approximate surface area is 158 Å². The Balaban J connectivity index is 1.48. The topological polar surface area (TPSA) is 41.6 Å². The summed E-state index contributed by atoms with van der Waals surface area (Å²) in [6.45, 7) is 1.82. The van der Waals surface area contributed by atoms with Gasteiger partial charge in [-0.3, -0.25) is 4.79 Å². The lowest BCUT2D eigenvalue weighted by atomic mass is 10.1. The highest BCUT2D eigenvalue weighted by atomic mass is 16.5. The number of hydrogen-bond acceptors (Lipinski definition) is 3. The molecule has 1 heterocycles. The van der Waals surface area contributed by atoms with Gasteiger partial charge in [-0.1, -0.05) is 42.5 Å². The lowest BCUT2D eigenvalue weighted by molar-refractivity contribution is 0.102. The first kappa shape index (κ1) is 16.9. The molecule has 0 bridgehead atoms. The standard InChI is InChI=1S/C23H20N2O2/c26-23(18-12-14-19(15-13-18)25-16-6-7-17-25)24-21-10-4-5-11-22(21)27-20-8-2-1-3-9-20/h1-15H,16-17H2,(H,24,26). The molecular weight excluding hydrogens is 336 g/mol. The number of amides is 1. The van der Waals surface area contributed by atoms with Gasteiger partial charge >= 0.3 is 0 Å². The van der Waals surface area contributed by atoms with Crippen LogP contribution in [0.15, 0.2) is 91.0 Å². The number of benzene rings is 3. The minimum atomic E-state index is -0.162. The second kappa shape index (κ2) is 7.79. The lowest BCUT2D eigenvalue weighted by Crippen LogP contribution is -2.18. The second-order valence-corrected chi connectivity index (χ2v) is 6.29. The first-order valence-electron chi connectivity index (χ1n) is 8.93. The van der Waals surface area contributed by atoms with Crippen molar-refractivity contribution in [2.24, 2.45) is 0 Å². The van der Waals surface area contributed by atoms with Gasteiger partial charge in [-0.15, -0.1) is 0 Å². The van der Waals surface area contributed by atoms with Crippen LogP contribution < -0.4 is 15.0 Å². The van der Waals surface area contributed by atoms with E-state index in [2.05, 4.69) is 22.4 Å². The molecule has 0 saturated heterocycles. The Morgan fingerprint density at radius 1 is 0.815 bits per heavy atom. The van der Waals surface area contributed by atoms with Gasteiger partial charge in [0.1, 0.15) is 5.75 Å². The summed E-state index contributed by atoms with van der Waals surface area (Å²) in [4.78, 5) is 14.9. The number of nitrogens with zero attached hydrogens (tertiary/aromatic N) is 1. The van der Waals surface area contributed by atoms with Gasteiger partial charge in [0, 0.05) is 24.3 Å². The summed E-state index contributed by atoms with van der Waals surface area (Å²) in [6, 6.07) is 24.6. The summed E-state index contributed by atoms with van der Waals surface area (Å²) in [5.74, 6) is 1.17. The highest BCUT2D eigenvalue weighted by Gasteiger charge is 2.12. The Bertz CT molecular complexity index is 942. The van der Waals surface area contributed by atoms with Crippen molar-refractivity contribution in [2.75, 3.05) is 23.3 Å². The van der Waals surface area contributed by atoms with Crippen molar-refractivity contribution < 1.29 is 9.53 Å². The summed E-state index contributed by atoms with van der Waals surface area (Å²) in [7, 11) is 0. The number of carbonyl (C=O) groups excluding carboxylic acids is 1. The first-order valence-corrected chi connectivity index (χ1v) is 8.93. The number of para-hydroxylation sites is 3. The zero-order chi connectivity index (χ0) is 18.5. The third kappa shape index (κ3) is 4.01. The molecule has 0 spiro atoms. The fourth-order valence-electron chi connectivity index (χ4n) is 2.98. The molecule has 3 aromatic carbocycles. The molecule has 4 nitrogen and oxygen atoms in total. The number of hydrogen-bond donors (Lipinski definition) is 1. The Hall–Kier alpha value is -3.53. The summed E-state index contributed by atoms with van der Waals surface area (Å²) in [6.07, 6.45) is 4.29. The summed E-state index contributed by atoms with van der Waals surface area (Å²) >= 11 is 0. The van der Waals surface area contributed by atoms with E-state index in [0.29, 0.717) is 17.0 Å². The average molecular weight is 356 g/mol. The monoisotopic (exact) mass is 356 g/mol. The Kier molecular flexibility index (Phi) is 4.88. The van der Waals surface area contributed by atoms with Crippen LogP contribution in [0.1, 0.15) is 10.4 Å². The van der Waals surface area contributed by atoms with E-state index in [9.17, 15) is 4.79 Å². The summed E-state index contributed by atoms with van der Waals surface area (Å²) in [5.41, 5.74) is 2.36. The molecule has 0 saturated carbocycles. The normalized spacial score (nSPS) is 12.8. The highest BCUT2D eigenvalue weighted by Crippen LogP contribution is 2.29. The van der Waals surface area contributed by atoms with Crippen molar-refractivity contribution in [1.82, 2.24) is 0 Å². The minimum absolute atomic E-state index is 0.162. The third-order valence-corrected chi connectivity index (χ3v) is 4.42. The highest BCUT2D eigenvalue weighted by molar-refractivity contribution is 6.05. The molecule has 1 N–H and O–H groups in total. The molecule has 0 aromatic heterocycles. The van der Waals surface area contributed by atoms with Crippen LogP contribution >= 0.6 is 0 Å². The van der Waals surface area contributed by atoms with E-state index in [4.69, 9.17) is 4.74 Å². The van der Waals surface area contributed by atoms with Crippen LogP contribution in [-0.2, 0) is 0 Å². The van der Waals surface area contributed by atoms with Crippen LogP contribution in [0, 0.1) is 0 Å². The molecule has 3 aromatic rings. The van der Waals surface area contributed by atoms with Gasteiger partial charge in [-0.25, -0.2) is 0 Å². The van der Waals surface area contributed by atoms with Gasteiger partial charge in [0.15, 0.2) is 5.75 Å². The van der Waals surface area contributed by atoms with Gasteiger partial charge in [0.2, 0.25) is 0 Å². The lowest BCUT2D eigenvalue weighted by Gasteiger charge is -2.18. The predicted octanol–water partition coefficient (Wildman–Crippen LogP) is 5.11. The van der Waals surface area contributed by atoms with Crippen molar-refractivity contribution in [2.45, 2.75) is 0 Å². The van der Waals surface area contributed by atoms with E-state index < -0.39 is 0 Å². The second-order valence-electron chi connectivity index (χ2n) is 6.29. The predicted molar refractivity (Wildman–Crippen MR) is 109 cm³/mol. The van der Waals surface area contributed by atoms with Gasteiger partial charge < -0.3 is 15.0 Å². The minimum Gasteiger partial charge on any atom is -0.455 e. The average Bonchev–Trinajstić information content (AvgIpc) is 3.25. The zero-order valence-corrected chi connectivity index (χ0v) is 14.8. The SMILES string of the molecule is O=C(Nc1ccccc1Oc1ccccc1)c1ccc(N2CC=CC2)cc1. The maximum atomic E-state index is 12.7. The smallest absolute Gasteiger partial charge is 0.255 e. The first-order chi connectivity index (χ1) is 13.3. The molecule has 1 amide bonds. The van der Waals surface area contributed by atoms with Gasteiger partial charge in [-0.05, 0) is 48.5 Å². The number of anilines is 2. The molecule has 0 radical (unpaired) electrons. The van der Waals surface area contributed by atoms with Crippen molar-refractivity contribution >= 4 is 17.3 Å². The number of ether oxygens (including phenoxy) is 1. The van der Waals surface area contributed by atoms with Crippen molar-refractivity contribution in [1.29, 1.82) is 0 Å². The Morgan fingerprint density at radius 3 is 2.22 bits per heavy atom. The fraction of sp³-hybridized carbons (Fsp3) is 0.0870. The van der Waals surface area contributed by atoms with E-state index in [1.54, 1.807) is 0 Å². The maximum absolute atomic E-state index is 12.7. The van der Waals surface area contributed by atoms with Crippen LogP contribution in [0.25, 0.3) is 0 Å². The van der Waals surface area contributed by atoms with Gasteiger partial charge in [0.05, 0.1) is 5.69 Å². The summed E-state index contributed by atoms with van der Waals surface area (Å²) < 4.78 is 5.90. The largest absolute Gasteiger partial charge is 0.455 e. The molecule has 0 unspecified atom stereocenters. The van der Waals surface area contributed by atoms with Crippen LogP contribution in [0.5, 0.6) is 11.5 Å². The quantitative estimate of drug-likeness (QED) is 0.646. The molecule has 134 valence electrons. The number of carbonyl (C=O) groups is 1. The zero-order valence-electron chi connectivity index (χ0n) is 14.8. The number of nitrogens with one attached hydrogen (secondary N) is 1. The van der Waals surface area contributed by atoms with E-state index in [1.807, 2.05) is 78.9 Å². The third-order valence-electron chi connectivity index (χ3n) is 4.42. The van der Waals surface area contributed by atoms with Crippen molar-refractivity contribution in [3.05, 3.63) is 96.6 Å². The van der Waals surface area contributed by atoms with E-state index in [0.717, 1.165) is 24.5 Å². The maximum Gasteiger partial charge on any atom is 0.255 e. The molecular formula is C23H20N2O2. The van der Waals surface area contributed by atoms with E-state index >= 15 is 0 Å². The van der Waals surface area contributed by atoms with Gasteiger partial charge in [-0.2, -0.15) is 0 Å². The molecule has 27 heavy (non-hydrogen) atoms. The fourth-order valence-corrected chi connectivity index (χ4v) is 2.98. The van der Waals surface area contributed by atoms with E-state index in [1.165, 1.54) is 0 Å². The van der Waals surface area contributed by atoms with Crippen molar-refractivity contribution in [3.8, 4) is 11.5 Å². The summed E-state index contributed by atoms with van der Waals surface area (Å²) in [5, 5.41) is 2.95. The molecule has 0 atom stereocenters. The van der Waals surface area contributed by atoms with Gasteiger partial charge in [0.25, 0.3) is 5.91 Å². The Morgan fingerprint density at radius 2 is 1.48 bits per heavy atom. The molecule has 1 aliphatic rings. The molecule has 0 aliphatic carbocycles. The van der Waals surface area contributed by atoms with Crippen LogP contribution in [0.4, 0.5) is 11.4 Å². The van der Waals surface area contributed by atoms with Crippen LogP contribution in [0.3, 0.4) is 0 Å². The van der Waals surface area contributed by atoms with E-state index in [-0.39, 0.29) is 5.91 Å². The number of rotatable bonds is 5. The van der Waals surface area contributed by atoms with Crippen LogP contribution in [-0.4, -0.2) is 19.0 Å². The molecule has 4 heteroatoms. The molecule has 0 fully saturated rings. The molecule has 1 aliphatic heterocycles. The van der Waals surface area contributed by atoms with Crippen LogP contribution in [0.2, 0.25) is 0 Å². The van der Waals surface area contributed by atoms with Crippen molar-refractivity contribution in [3.63, 3.8) is 0 Å².